The lowest BCUT2D eigenvalue weighted by molar-refractivity contribution is 0.0956. The minimum atomic E-state index is -0.297. The Morgan fingerprint density at radius 2 is 1.97 bits per heavy atom. The van der Waals surface area contributed by atoms with Gasteiger partial charge in [0.15, 0.2) is 0 Å². The molecule has 0 unspecified atom stereocenters. The molecule has 0 aliphatic carbocycles. The Bertz CT molecular complexity index is 968. The first kappa shape index (κ1) is 21.4. The van der Waals surface area contributed by atoms with Crippen LogP contribution in [0.5, 0.6) is 0 Å². The standard InChI is InChI=1S/C22H23ClFN3OS/c1-15-12-16(2)27(26-15)13-17-6-8-18(9-7-17)22(28)25-10-11-29-14-19-20(23)4-3-5-21(19)24/h3-9,12H,10-11,13-14H2,1-2H3,(H,25,28). The summed E-state index contributed by atoms with van der Waals surface area (Å²) in [6, 6.07) is 14.3. The highest BCUT2D eigenvalue weighted by Crippen LogP contribution is 2.23. The zero-order valence-electron chi connectivity index (χ0n) is 16.4. The number of hydrogen-bond donors (Lipinski definition) is 1. The van der Waals surface area contributed by atoms with Gasteiger partial charge in [-0.3, -0.25) is 9.48 Å². The Balaban J connectivity index is 1.44. The van der Waals surface area contributed by atoms with Gasteiger partial charge in [0.2, 0.25) is 0 Å². The molecule has 1 N–H and O–H groups in total. The summed E-state index contributed by atoms with van der Waals surface area (Å²) in [4.78, 5) is 12.3. The molecule has 0 saturated carbocycles. The summed E-state index contributed by atoms with van der Waals surface area (Å²) in [5.41, 5.74) is 4.31. The van der Waals surface area contributed by atoms with Crippen LogP contribution in [0.1, 0.15) is 32.9 Å². The van der Waals surface area contributed by atoms with Crippen molar-refractivity contribution >= 4 is 29.3 Å². The van der Waals surface area contributed by atoms with Crippen molar-refractivity contribution in [2.24, 2.45) is 0 Å². The molecule has 1 heterocycles. The summed E-state index contributed by atoms with van der Waals surface area (Å²) in [5.74, 6) is 0.733. The molecule has 2 aromatic carbocycles. The Kier molecular flexibility index (Phi) is 7.34. The van der Waals surface area contributed by atoms with Crippen molar-refractivity contribution in [2.45, 2.75) is 26.1 Å². The smallest absolute Gasteiger partial charge is 0.251 e. The van der Waals surface area contributed by atoms with E-state index in [4.69, 9.17) is 11.6 Å². The number of nitrogens with one attached hydrogen (secondary N) is 1. The van der Waals surface area contributed by atoms with Crippen LogP contribution in [0, 0.1) is 19.7 Å². The van der Waals surface area contributed by atoms with Gasteiger partial charge < -0.3 is 5.32 Å². The van der Waals surface area contributed by atoms with E-state index in [1.54, 1.807) is 12.1 Å². The highest BCUT2D eigenvalue weighted by Gasteiger charge is 2.08. The quantitative estimate of drug-likeness (QED) is 0.510. The summed E-state index contributed by atoms with van der Waals surface area (Å²) in [6.45, 7) is 5.18. The molecule has 152 valence electrons. The first-order chi connectivity index (χ1) is 13.9. The molecule has 1 aromatic heterocycles. The third-order valence-corrected chi connectivity index (χ3v) is 5.83. The van der Waals surface area contributed by atoms with E-state index in [0.29, 0.717) is 40.7 Å². The van der Waals surface area contributed by atoms with Gasteiger partial charge in [0.25, 0.3) is 5.91 Å². The minimum absolute atomic E-state index is 0.118. The third kappa shape index (κ3) is 5.84. The van der Waals surface area contributed by atoms with Gasteiger partial charge in [0.05, 0.1) is 12.2 Å². The summed E-state index contributed by atoms with van der Waals surface area (Å²) < 4.78 is 15.7. The molecule has 0 spiro atoms. The summed E-state index contributed by atoms with van der Waals surface area (Å²) in [5, 5.41) is 7.78. The number of benzene rings is 2. The van der Waals surface area contributed by atoms with Crippen LogP contribution < -0.4 is 5.32 Å². The second kappa shape index (κ2) is 9.94. The third-order valence-electron chi connectivity index (χ3n) is 4.49. The molecule has 0 radical (unpaired) electrons. The van der Waals surface area contributed by atoms with Gasteiger partial charge in [-0.25, -0.2) is 4.39 Å². The van der Waals surface area contributed by atoms with Gasteiger partial charge in [-0.1, -0.05) is 29.8 Å². The van der Waals surface area contributed by atoms with Crippen molar-refractivity contribution in [3.63, 3.8) is 0 Å². The summed E-state index contributed by atoms with van der Waals surface area (Å²) in [7, 11) is 0. The molecular formula is C22H23ClFN3OS. The van der Waals surface area contributed by atoms with Crippen molar-refractivity contribution in [1.29, 1.82) is 0 Å². The van der Waals surface area contributed by atoms with E-state index in [1.807, 2.05) is 48.9 Å². The number of carbonyl (C=O) groups excluding carboxylic acids is 1. The van der Waals surface area contributed by atoms with Gasteiger partial charge in [-0.15, -0.1) is 0 Å². The second-order valence-electron chi connectivity index (χ2n) is 6.79. The molecule has 0 bridgehead atoms. The summed E-state index contributed by atoms with van der Waals surface area (Å²) >= 11 is 7.55. The predicted molar refractivity (Wildman–Crippen MR) is 117 cm³/mol. The van der Waals surface area contributed by atoms with Crippen LogP contribution in [0.15, 0.2) is 48.5 Å². The maximum Gasteiger partial charge on any atom is 0.251 e. The topological polar surface area (TPSA) is 46.9 Å². The van der Waals surface area contributed by atoms with E-state index in [1.165, 1.54) is 17.8 Å². The average molecular weight is 432 g/mol. The molecule has 7 heteroatoms. The van der Waals surface area contributed by atoms with E-state index in [0.717, 1.165) is 17.0 Å². The molecule has 1 amide bonds. The SMILES string of the molecule is Cc1cc(C)n(Cc2ccc(C(=O)NCCSCc3c(F)cccc3Cl)cc2)n1. The van der Waals surface area contributed by atoms with Crippen LogP contribution in [-0.2, 0) is 12.3 Å². The zero-order valence-corrected chi connectivity index (χ0v) is 18.0. The fourth-order valence-corrected chi connectivity index (χ4v) is 4.15. The van der Waals surface area contributed by atoms with Gasteiger partial charge in [-0.05, 0) is 49.7 Å². The number of amides is 1. The molecule has 0 atom stereocenters. The maximum absolute atomic E-state index is 13.7. The van der Waals surface area contributed by atoms with E-state index >= 15 is 0 Å². The highest BCUT2D eigenvalue weighted by molar-refractivity contribution is 7.98. The normalized spacial score (nSPS) is 10.9. The first-order valence-corrected chi connectivity index (χ1v) is 10.9. The fourth-order valence-electron chi connectivity index (χ4n) is 2.95. The van der Waals surface area contributed by atoms with Crippen molar-refractivity contribution in [2.75, 3.05) is 12.3 Å². The molecule has 3 aromatic rings. The van der Waals surface area contributed by atoms with E-state index in [2.05, 4.69) is 10.4 Å². The molecule has 4 nitrogen and oxygen atoms in total. The molecule has 0 aliphatic heterocycles. The molecule has 29 heavy (non-hydrogen) atoms. The number of halogens is 2. The lowest BCUT2D eigenvalue weighted by atomic mass is 10.1. The second-order valence-corrected chi connectivity index (χ2v) is 8.30. The van der Waals surface area contributed by atoms with Gasteiger partial charge in [-0.2, -0.15) is 16.9 Å². The van der Waals surface area contributed by atoms with E-state index < -0.39 is 0 Å². The average Bonchev–Trinajstić information content (AvgIpc) is 3.01. The van der Waals surface area contributed by atoms with E-state index in [9.17, 15) is 9.18 Å². The van der Waals surface area contributed by atoms with Crippen LogP contribution in [0.2, 0.25) is 5.02 Å². The molecule has 0 saturated heterocycles. The Labute approximate surface area is 179 Å². The fraction of sp³-hybridized carbons (Fsp3) is 0.273. The molecule has 0 fully saturated rings. The lowest BCUT2D eigenvalue weighted by Gasteiger charge is -2.08. The Morgan fingerprint density at radius 1 is 1.21 bits per heavy atom. The van der Waals surface area contributed by atoms with Crippen LogP contribution in [0.3, 0.4) is 0 Å². The largest absolute Gasteiger partial charge is 0.351 e. The molecular weight excluding hydrogens is 409 g/mol. The zero-order chi connectivity index (χ0) is 20.8. The van der Waals surface area contributed by atoms with Crippen LogP contribution in [-0.4, -0.2) is 28.0 Å². The summed E-state index contributed by atoms with van der Waals surface area (Å²) in [6.07, 6.45) is 0. The number of rotatable bonds is 8. The van der Waals surface area contributed by atoms with E-state index in [-0.39, 0.29) is 11.7 Å². The number of thioether (sulfide) groups is 1. The molecule has 3 rings (SSSR count). The monoisotopic (exact) mass is 431 g/mol. The molecule has 0 aliphatic rings. The predicted octanol–water partition coefficient (Wildman–Crippen LogP) is 5.00. The lowest BCUT2D eigenvalue weighted by Crippen LogP contribution is -2.25. The van der Waals surface area contributed by atoms with Crippen LogP contribution in [0.25, 0.3) is 0 Å². The van der Waals surface area contributed by atoms with Crippen molar-refractivity contribution < 1.29 is 9.18 Å². The van der Waals surface area contributed by atoms with Crippen molar-refractivity contribution in [3.05, 3.63) is 87.4 Å². The number of nitrogens with zero attached hydrogens (tertiary/aromatic N) is 2. The first-order valence-electron chi connectivity index (χ1n) is 9.33. The number of aryl methyl sites for hydroxylation is 2. The van der Waals surface area contributed by atoms with Gasteiger partial charge in [0.1, 0.15) is 5.82 Å². The Hall–Kier alpha value is -2.31. The number of carbonyl (C=O) groups is 1. The van der Waals surface area contributed by atoms with Crippen LogP contribution in [0.4, 0.5) is 4.39 Å². The van der Waals surface area contributed by atoms with Crippen LogP contribution >= 0.6 is 23.4 Å². The van der Waals surface area contributed by atoms with Crippen molar-refractivity contribution in [1.82, 2.24) is 15.1 Å². The van der Waals surface area contributed by atoms with Gasteiger partial charge >= 0.3 is 0 Å². The Morgan fingerprint density at radius 3 is 2.62 bits per heavy atom. The number of aromatic nitrogens is 2. The number of hydrogen-bond acceptors (Lipinski definition) is 3. The minimum Gasteiger partial charge on any atom is -0.351 e. The van der Waals surface area contributed by atoms with Gasteiger partial charge in [0, 0.05) is 39.9 Å². The highest BCUT2D eigenvalue weighted by atomic mass is 35.5. The maximum atomic E-state index is 13.7. The van der Waals surface area contributed by atoms with Crippen molar-refractivity contribution in [3.8, 4) is 0 Å².